The number of hydrogen-bond donors (Lipinski definition) is 1. The molecule has 0 heterocycles. The van der Waals surface area contributed by atoms with Gasteiger partial charge in [-0.15, -0.1) is 0 Å². The van der Waals surface area contributed by atoms with Gasteiger partial charge in [-0.3, -0.25) is 0 Å². The van der Waals surface area contributed by atoms with Gasteiger partial charge in [-0.25, -0.2) is 0 Å². The normalized spacial score (nSPS) is 45.3. The van der Waals surface area contributed by atoms with Crippen molar-refractivity contribution in [3.63, 3.8) is 0 Å². The quantitative estimate of drug-likeness (QED) is 0.370. The highest BCUT2D eigenvalue weighted by atomic mass is 16.3. The Bertz CT molecular complexity index is 791. The van der Waals surface area contributed by atoms with Crippen LogP contribution in [-0.2, 0) is 0 Å². The zero-order valence-electron chi connectivity index (χ0n) is 23.4. The molecule has 0 bridgehead atoms. The minimum absolute atomic E-state index is 0.0295. The summed E-state index contributed by atoms with van der Waals surface area (Å²) >= 11 is 0. The first-order valence-corrected chi connectivity index (χ1v) is 15.1. The van der Waals surface area contributed by atoms with E-state index >= 15 is 0 Å². The van der Waals surface area contributed by atoms with E-state index in [2.05, 4.69) is 45.9 Å². The first kappa shape index (κ1) is 27.1. The highest BCUT2D eigenvalue weighted by Gasteiger charge is 2.63. The Kier molecular flexibility index (Phi) is 8.07. The van der Waals surface area contributed by atoms with E-state index in [1.807, 2.05) is 0 Å². The Balaban J connectivity index is 1.42. The van der Waals surface area contributed by atoms with Gasteiger partial charge in [-0.1, -0.05) is 59.1 Å². The molecule has 4 aliphatic carbocycles. The Morgan fingerprint density at radius 3 is 2.46 bits per heavy atom. The van der Waals surface area contributed by atoms with Crippen LogP contribution in [0.5, 0.6) is 0 Å². The second-order valence-corrected chi connectivity index (χ2v) is 14.5. The summed E-state index contributed by atoms with van der Waals surface area (Å²) in [7, 11) is 0. The van der Waals surface area contributed by atoms with Crippen LogP contribution in [0.2, 0.25) is 0 Å². The molecule has 35 heavy (non-hydrogen) atoms. The molecule has 0 spiro atoms. The summed E-state index contributed by atoms with van der Waals surface area (Å²) in [5.41, 5.74) is 8.20. The third-order valence-corrected chi connectivity index (χ3v) is 12.3. The van der Waals surface area contributed by atoms with Gasteiger partial charge >= 0.3 is 0 Å². The molecule has 9 unspecified atom stereocenters. The van der Waals surface area contributed by atoms with Gasteiger partial charge < -0.3 is 5.73 Å². The lowest BCUT2D eigenvalue weighted by molar-refractivity contribution is -0.139. The molecule has 4 aliphatic rings. The number of nitroso groups, excluding NO2 is 1. The van der Waals surface area contributed by atoms with Crippen molar-refractivity contribution in [1.29, 1.82) is 5.26 Å². The van der Waals surface area contributed by atoms with Crippen molar-refractivity contribution >= 4 is 0 Å². The summed E-state index contributed by atoms with van der Waals surface area (Å²) < 4.78 is 0. The number of fused-ring (bicyclic) bond motifs is 5. The molecule has 0 aromatic heterocycles. The molecule has 2 N–H and O–H groups in total. The van der Waals surface area contributed by atoms with E-state index in [1.54, 1.807) is 0 Å². The number of nitrogens with two attached hydrogens (primary N) is 1. The lowest BCUT2D eigenvalue weighted by Gasteiger charge is -2.66. The van der Waals surface area contributed by atoms with Crippen LogP contribution >= 0.6 is 0 Å². The zero-order chi connectivity index (χ0) is 25.4. The van der Waals surface area contributed by atoms with E-state index in [0.717, 1.165) is 43.9 Å². The summed E-state index contributed by atoms with van der Waals surface area (Å²) in [5.74, 6) is 4.09. The van der Waals surface area contributed by atoms with E-state index in [9.17, 15) is 10.2 Å². The van der Waals surface area contributed by atoms with E-state index in [-0.39, 0.29) is 22.9 Å². The second-order valence-electron chi connectivity index (χ2n) is 14.5. The molecule has 0 amide bonds. The molecule has 4 nitrogen and oxygen atoms in total. The third kappa shape index (κ3) is 4.97. The largest absolute Gasteiger partial charge is 0.325 e. The van der Waals surface area contributed by atoms with Crippen LogP contribution in [0.15, 0.2) is 5.18 Å². The first-order chi connectivity index (χ1) is 16.6. The maximum atomic E-state index is 11.4. The van der Waals surface area contributed by atoms with Gasteiger partial charge in [-0.2, -0.15) is 10.2 Å². The van der Waals surface area contributed by atoms with Gasteiger partial charge in [0.1, 0.15) is 0 Å². The van der Waals surface area contributed by atoms with Crippen LogP contribution in [0.1, 0.15) is 125 Å². The predicted octanol–water partition coefficient (Wildman–Crippen LogP) is 8.24. The average molecular weight is 484 g/mol. The molecule has 4 heteroatoms. The minimum atomic E-state index is -0.0296. The topological polar surface area (TPSA) is 79.2 Å². The first-order valence-electron chi connectivity index (χ1n) is 15.1. The highest BCUT2D eigenvalue weighted by molar-refractivity contribution is 5.16. The maximum absolute atomic E-state index is 11.4. The summed E-state index contributed by atoms with van der Waals surface area (Å²) in [6.45, 7) is 12.0. The van der Waals surface area contributed by atoms with Crippen LogP contribution in [0.4, 0.5) is 0 Å². The predicted molar refractivity (Wildman–Crippen MR) is 144 cm³/mol. The van der Waals surface area contributed by atoms with E-state index < -0.39 is 0 Å². The van der Waals surface area contributed by atoms with Crippen molar-refractivity contribution in [2.45, 2.75) is 136 Å². The van der Waals surface area contributed by atoms with Crippen molar-refractivity contribution in [2.24, 2.45) is 63.2 Å². The van der Waals surface area contributed by atoms with Crippen LogP contribution in [0, 0.1) is 68.5 Å². The molecule has 4 saturated carbocycles. The summed E-state index contributed by atoms with van der Waals surface area (Å²) in [5, 5.41) is 12.9. The highest BCUT2D eigenvalue weighted by Crippen LogP contribution is 2.66. The van der Waals surface area contributed by atoms with E-state index in [1.165, 1.54) is 57.8 Å². The van der Waals surface area contributed by atoms with Crippen molar-refractivity contribution in [2.75, 3.05) is 0 Å². The Morgan fingerprint density at radius 1 is 1.00 bits per heavy atom. The standard InChI is InChI=1S/C31H53N3O/c1-21(2)24(20-32)9-6-8-22(3)23-11-12-27-29(4,19-23)16-14-28-30(5)15-7-10-26(34-35)18-25(30)13-17-31(27,28)33/h21-28H,6-19,33H2,1-5H3/t22-,23?,24?,25?,26?,27?,28?,29?,30?,31?/m1/s1. The Morgan fingerprint density at radius 2 is 1.77 bits per heavy atom. The fourth-order valence-electron chi connectivity index (χ4n) is 10.0. The average Bonchev–Trinajstić information content (AvgIpc) is 2.98. The Labute approximate surface area is 215 Å². The SMILES string of the molecule is CC(C)C(C#N)CCC[C@@H](C)C1CCC2C(C)(CCC3C4(C)CCCC(N=O)CC4CCC23N)C1. The van der Waals surface area contributed by atoms with Crippen LogP contribution in [-0.4, -0.2) is 11.6 Å². The monoisotopic (exact) mass is 483 g/mol. The van der Waals surface area contributed by atoms with Crippen LogP contribution in [0.3, 0.4) is 0 Å². The molecular formula is C31H53N3O. The van der Waals surface area contributed by atoms with Gasteiger partial charge in [0.25, 0.3) is 0 Å². The lowest BCUT2D eigenvalue weighted by Crippen LogP contribution is -2.68. The molecule has 0 aromatic rings. The minimum Gasteiger partial charge on any atom is -0.325 e. The molecular weight excluding hydrogens is 430 g/mol. The molecule has 0 saturated heterocycles. The van der Waals surface area contributed by atoms with Gasteiger partial charge in [0.2, 0.25) is 0 Å². The van der Waals surface area contributed by atoms with E-state index in [0.29, 0.717) is 29.1 Å². The fraction of sp³-hybridized carbons (Fsp3) is 0.968. The summed E-state index contributed by atoms with van der Waals surface area (Å²) in [6, 6.07) is 2.56. The maximum Gasteiger partial charge on any atom is 0.0922 e. The Hall–Kier alpha value is -0.950. The number of rotatable bonds is 7. The van der Waals surface area contributed by atoms with Crippen LogP contribution in [0.25, 0.3) is 0 Å². The third-order valence-electron chi connectivity index (χ3n) is 12.3. The van der Waals surface area contributed by atoms with Gasteiger partial charge in [0.15, 0.2) is 0 Å². The zero-order valence-corrected chi connectivity index (χ0v) is 23.4. The smallest absolute Gasteiger partial charge is 0.0922 e. The fourth-order valence-corrected chi connectivity index (χ4v) is 10.0. The molecule has 10 atom stereocenters. The second kappa shape index (κ2) is 10.4. The van der Waals surface area contributed by atoms with Crippen molar-refractivity contribution in [1.82, 2.24) is 0 Å². The molecule has 4 rings (SSSR count). The summed E-state index contributed by atoms with van der Waals surface area (Å²) in [6.07, 6.45) is 16.8. The lowest BCUT2D eigenvalue weighted by atomic mass is 9.40. The molecule has 4 fully saturated rings. The van der Waals surface area contributed by atoms with Crippen molar-refractivity contribution in [3.05, 3.63) is 4.91 Å². The van der Waals surface area contributed by atoms with Gasteiger partial charge in [0.05, 0.1) is 12.1 Å². The van der Waals surface area contributed by atoms with Crippen LogP contribution < -0.4 is 5.73 Å². The van der Waals surface area contributed by atoms with Gasteiger partial charge in [0, 0.05) is 11.5 Å². The number of nitriles is 1. The van der Waals surface area contributed by atoms with Crippen molar-refractivity contribution < 1.29 is 0 Å². The number of nitrogens with zero attached hydrogens (tertiary/aromatic N) is 2. The molecule has 0 aromatic carbocycles. The van der Waals surface area contributed by atoms with Gasteiger partial charge in [-0.05, 0) is 117 Å². The number of hydrogen-bond acceptors (Lipinski definition) is 4. The molecule has 0 aliphatic heterocycles. The molecule has 0 radical (unpaired) electrons. The van der Waals surface area contributed by atoms with E-state index in [4.69, 9.17) is 5.73 Å². The summed E-state index contributed by atoms with van der Waals surface area (Å²) in [4.78, 5) is 11.4. The van der Waals surface area contributed by atoms with Crippen molar-refractivity contribution in [3.8, 4) is 6.07 Å². The molecule has 198 valence electrons.